The van der Waals surface area contributed by atoms with Crippen LogP contribution in [0.5, 0.6) is 0 Å². The molecule has 1 amide bonds. The van der Waals surface area contributed by atoms with Gasteiger partial charge in [0.1, 0.15) is 0 Å². The maximum atomic E-state index is 11.6. The molecule has 0 atom stereocenters. The molecule has 0 aliphatic carbocycles. The van der Waals surface area contributed by atoms with E-state index in [-0.39, 0.29) is 12.5 Å². The summed E-state index contributed by atoms with van der Waals surface area (Å²) in [6.45, 7) is 2.18. The smallest absolute Gasteiger partial charge is 0.259 e. The molecule has 3 N–H and O–H groups in total. The number of benzene rings is 1. The first-order chi connectivity index (χ1) is 9.25. The Labute approximate surface area is 111 Å². The minimum Gasteiger partial charge on any atom is -0.376 e. The van der Waals surface area contributed by atoms with E-state index >= 15 is 0 Å². The topological polar surface area (TPSA) is 69.3 Å². The van der Waals surface area contributed by atoms with Crippen molar-refractivity contribution >= 4 is 17.8 Å². The van der Waals surface area contributed by atoms with Gasteiger partial charge in [-0.25, -0.2) is 5.43 Å². The zero-order chi connectivity index (χ0) is 13.5. The van der Waals surface area contributed by atoms with Crippen LogP contribution < -0.4 is 10.7 Å². The van der Waals surface area contributed by atoms with E-state index in [1.807, 2.05) is 43.3 Å². The van der Waals surface area contributed by atoms with Crippen molar-refractivity contribution in [1.29, 1.82) is 0 Å². The van der Waals surface area contributed by atoms with Crippen molar-refractivity contribution in [1.82, 2.24) is 10.4 Å². The number of anilines is 1. The van der Waals surface area contributed by atoms with Gasteiger partial charge in [0.15, 0.2) is 0 Å². The van der Waals surface area contributed by atoms with Gasteiger partial charge in [0, 0.05) is 11.9 Å². The predicted molar refractivity (Wildman–Crippen MR) is 76.2 cm³/mol. The summed E-state index contributed by atoms with van der Waals surface area (Å²) in [6.07, 6.45) is 3.36. The van der Waals surface area contributed by atoms with Crippen LogP contribution in [-0.2, 0) is 4.79 Å². The molecule has 2 rings (SSSR count). The Morgan fingerprint density at radius 3 is 2.89 bits per heavy atom. The molecule has 0 unspecified atom stereocenters. The highest BCUT2D eigenvalue weighted by atomic mass is 16.2. The quantitative estimate of drug-likeness (QED) is 0.564. The van der Waals surface area contributed by atoms with Crippen molar-refractivity contribution in [3.63, 3.8) is 0 Å². The Morgan fingerprint density at radius 2 is 2.16 bits per heavy atom. The van der Waals surface area contributed by atoms with Gasteiger partial charge in [-0.2, -0.15) is 5.10 Å². The summed E-state index contributed by atoms with van der Waals surface area (Å²) in [5.41, 5.74) is 5.35. The van der Waals surface area contributed by atoms with Gasteiger partial charge in [-0.05, 0) is 30.7 Å². The van der Waals surface area contributed by atoms with Crippen LogP contribution in [0.15, 0.2) is 47.7 Å². The molecular formula is C14H16N4O. The first-order valence-corrected chi connectivity index (χ1v) is 6.00. The molecule has 98 valence electrons. The third-order valence-electron chi connectivity index (χ3n) is 2.60. The van der Waals surface area contributed by atoms with E-state index in [0.717, 1.165) is 16.9 Å². The summed E-state index contributed by atoms with van der Waals surface area (Å²) in [5.74, 6) is -0.189. The number of hydrazone groups is 1. The van der Waals surface area contributed by atoms with E-state index in [2.05, 4.69) is 20.8 Å². The van der Waals surface area contributed by atoms with Gasteiger partial charge in [0.2, 0.25) is 0 Å². The van der Waals surface area contributed by atoms with E-state index in [0.29, 0.717) is 0 Å². The lowest BCUT2D eigenvalue weighted by Crippen LogP contribution is -2.26. The van der Waals surface area contributed by atoms with Crippen LogP contribution in [0.4, 0.5) is 5.69 Å². The monoisotopic (exact) mass is 256 g/mol. The van der Waals surface area contributed by atoms with Crippen molar-refractivity contribution in [2.24, 2.45) is 5.10 Å². The zero-order valence-corrected chi connectivity index (χ0v) is 10.7. The van der Waals surface area contributed by atoms with Crippen LogP contribution in [0.25, 0.3) is 0 Å². The Hall–Kier alpha value is -2.56. The van der Waals surface area contributed by atoms with Crippen LogP contribution in [0.1, 0.15) is 11.3 Å². The molecule has 2 aromatic rings. The van der Waals surface area contributed by atoms with Crippen molar-refractivity contribution in [3.8, 4) is 0 Å². The molecule has 0 bridgehead atoms. The van der Waals surface area contributed by atoms with Crippen molar-refractivity contribution in [2.75, 3.05) is 11.9 Å². The number of amides is 1. The summed E-state index contributed by atoms with van der Waals surface area (Å²) >= 11 is 0. The molecule has 0 fully saturated rings. The lowest BCUT2D eigenvalue weighted by Gasteiger charge is -2.07. The van der Waals surface area contributed by atoms with Gasteiger partial charge in [-0.3, -0.25) is 4.79 Å². The number of H-pyrrole nitrogens is 1. The van der Waals surface area contributed by atoms with Crippen LogP contribution in [-0.4, -0.2) is 23.7 Å². The number of hydrogen-bond acceptors (Lipinski definition) is 3. The molecule has 1 aromatic carbocycles. The number of aryl methyl sites for hydroxylation is 1. The van der Waals surface area contributed by atoms with E-state index in [1.165, 1.54) is 0 Å². The average molecular weight is 256 g/mol. The molecule has 0 spiro atoms. The average Bonchev–Trinajstić information content (AvgIpc) is 2.91. The summed E-state index contributed by atoms with van der Waals surface area (Å²) < 4.78 is 0. The first kappa shape index (κ1) is 12.9. The third kappa shape index (κ3) is 3.99. The number of nitrogens with zero attached hydrogens (tertiary/aromatic N) is 1. The molecular weight excluding hydrogens is 240 g/mol. The number of para-hydroxylation sites is 1. The largest absolute Gasteiger partial charge is 0.376 e. The molecule has 0 aliphatic heterocycles. The molecule has 0 saturated heterocycles. The van der Waals surface area contributed by atoms with Gasteiger partial charge in [0.25, 0.3) is 5.91 Å². The molecule has 0 radical (unpaired) electrons. The van der Waals surface area contributed by atoms with E-state index in [9.17, 15) is 4.79 Å². The lowest BCUT2D eigenvalue weighted by molar-refractivity contribution is -0.119. The summed E-state index contributed by atoms with van der Waals surface area (Å²) in [6, 6.07) is 11.5. The second kappa shape index (κ2) is 6.39. The summed E-state index contributed by atoms with van der Waals surface area (Å²) in [4.78, 5) is 14.5. The van der Waals surface area contributed by atoms with Gasteiger partial charge in [0.05, 0.1) is 18.5 Å². The van der Waals surface area contributed by atoms with E-state index < -0.39 is 0 Å². The number of aromatic amines is 1. The fourth-order valence-corrected chi connectivity index (χ4v) is 1.58. The van der Waals surface area contributed by atoms with Crippen molar-refractivity contribution in [2.45, 2.75) is 6.92 Å². The number of aromatic nitrogens is 1. The second-order valence-corrected chi connectivity index (χ2v) is 4.09. The minimum absolute atomic E-state index is 0.187. The zero-order valence-electron chi connectivity index (χ0n) is 10.7. The van der Waals surface area contributed by atoms with Crippen molar-refractivity contribution in [3.05, 3.63) is 53.9 Å². The molecule has 1 aromatic heterocycles. The summed E-state index contributed by atoms with van der Waals surface area (Å²) in [7, 11) is 0. The molecule has 1 heterocycles. The number of carbonyl (C=O) groups excluding carboxylic acids is 1. The molecule has 19 heavy (non-hydrogen) atoms. The van der Waals surface area contributed by atoms with Gasteiger partial charge < -0.3 is 10.3 Å². The number of rotatable bonds is 5. The number of nitrogens with one attached hydrogen (secondary N) is 3. The SMILES string of the molecule is Cc1ccccc1NCC(=O)N/N=C\c1ccc[nH]1. The van der Waals surface area contributed by atoms with Gasteiger partial charge in [-0.15, -0.1) is 0 Å². The number of carbonyl (C=O) groups is 1. The van der Waals surface area contributed by atoms with Crippen molar-refractivity contribution < 1.29 is 4.79 Å². The maximum absolute atomic E-state index is 11.6. The highest BCUT2D eigenvalue weighted by Gasteiger charge is 2.00. The first-order valence-electron chi connectivity index (χ1n) is 6.00. The van der Waals surface area contributed by atoms with Crippen LogP contribution in [0, 0.1) is 6.92 Å². The normalized spacial score (nSPS) is 10.6. The second-order valence-electron chi connectivity index (χ2n) is 4.09. The molecule has 0 saturated carbocycles. The number of hydrogen-bond donors (Lipinski definition) is 3. The minimum atomic E-state index is -0.189. The highest BCUT2D eigenvalue weighted by molar-refractivity contribution is 5.83. The standard InChI is InChI=1S/C14H16N4O/c1-11-5-2-3-7-13(11)16-10-14(19)18-17-9-12-6-4-8-15-12/h2-9,15-16H,10H2,1H3,(H,18,19)/b17-9-. The Kier molecular flexibility index (Phi) is 4.34. The van der Waals surface area contributed by atoms with E-state index in [4.69, 9.17) is 0 Å². The third-order valence-corrected chi connectivity index (χ3v) is 2.60. The van der Waals surface area contributed by atoms with Gasteiger partial charge in [-0.1, -0.05) is 18.2 Å². The fourth-order valence-electron chi connectivity index (χ4n) is 1.58. The maximum Gasteiger partial charge on any atom is 0.259 e. The Bertz CT molecular complexity index is 561. The van der Waals surface area contributed by atoms with E-state index in [1.54, 1.807) is 12.4 Å². The van der Waals surface area contributed by atoms with Crippen LogP contribution >= 0.6 is 0 Å². The van der Waals surface area contributed by atoms with Gasteiger partial charge >= 0.3 is 0 Å². The Balaban J connectivity index is 1.78. The van der Waals surface area contributed by atoms with Crippen LogP contribution in [0.2, 0.25) is 0 Å². The summed E-state index contributed by atoms with van der Waals surface area (Å²) in [5, 5.41) is 6.92. The molecule has 5 nitrogen and oxygen atoms in total. The predicted octanol–water partition coefficient (Wildman–Crippen LogP) is 1.89. The highest BCUT2D eigenvalue weighted by Crippen LogP contribution is 2.12. The van der Waals surface area contributed by atoms with Crippen LogP contribution in [0.3, 0.4) is 0 Å². The fraction of sp³-hybridized carbons (Fsp3) is 0.143. The Morgan fingerprint density at radius 1 is 1.32 bits per heavy atom. The molecule has 5 heteroatoms. The lowest BCUT2D eigenvalue weighted by atomic mass is 10.2. The molecule has 0 aliphatic rings.